The number of ether oxygens (including phenoxy) is 1. The van der Waals surface area contributed by atoms with Crippen LogP contribution in [0.4, 0.5) is 0 Å². The maximum absolute atomic E-state index is 11.9. The largest absolute Gasteiger partial charge is 0.373 e. The van der Waals surface area contributed by atoms with Crippen molar-refractivity contribution in [1.82, 2.24) is 10.2 Å². The number of amides is 1. The van der Waals surface area contributed by atoms with Gasteiger partial charge in [0.15, 0.2) is 0 Å². The summed E-state index contributed by atoms with van der Waals surface area (Å²) in [5.74, 6) is 0.708. The van der Waals surface area contributed by atoms with Crippen LogP contribution in [0.2, 0.25) is 0 Å². The van der Waals surface area contributed by atoms with Gasteiger partial charge in [-0.1, -0.05) is 12.0 Å². The van der Waals surface area contributed by atoms with Crippen molar-refractivity contribution in [2.24, 2.45) is 5.92 Å². The fraction of sp³-hybridized carbons (Fsp3) is 0.812. The Morgan fingerprint density at radius 1 is 1.35 bits per heavy atom. The summed E-state index contributed by atoms with van der Waals surface area (Å²) in [7, 11) is 0. The smallest absolute Gasteiger partial charge is 0.244 e. The first kappa shape index (κ1) is 14.1. The fourth-order valence-electron chi connectivity index (χ4n) is 3.30. The van der Waals surface area contributed by atoms with Gasteiger partial charge in [0.25, 0.3) is 0 Å². The van der Waals surface area contributed by atoms with Crippen molar-refractivity contribution in [2.75, 3.05) is 26.2 Å². The third kappa shape index (κ3) is 3.61. The molecule has 0 spiro atoms. The van der Waals surface area contributed by atoms with Gasteiger partial charge in [-0.05, 0) is 45.1 Å². The molecule has 1 aliphatic carbocycles. The number of allylic oxidation sites excluding steroid dienone is 1. The van der Waals surface area contributed by atoms with Crippen LogP contribution in [-0.4, -0.2) is 49.2 Å². The number of piperidine rings is 1. The van der Waals surface area contributed by atoms with Crippen LogP contribution < -0.4 is 5.32 Å². The van der Waals surface area contributed by atoms with Crippen molar-refractivity contribution in [3.63, 3.8) is 0 Å². The van der Waals surface area contributed by atoms with Crippen molar-refractivity contribution in [2.45, 2.75) is 51.2 Å². The van der Waals surface area contributed by atoms with Crippen LogP contribution >= 0.6 is 0 Å². The maximum Gasteiger partial charge on any atom is 0.244 e. The first-order valence-electron chi connectivity index (χ1n) is 8.04. The molecule has 20 heavy (non-hydrogen) atoms. The van der Waals surface area contributed by atoms with E-state index >= 15 is 0 Å². The summed E-state index contributed by atoms with van der Waals surface area (Å²) in [5, 5.41) is 2.99. The predicted octanol–water partition coefficient (Wildman–Crippen LogP) is 1.71. The van der Waals surface area contributed by atoms with Gasteiger partial charge in [0.2, 0.25) is 5.91 Å². The van der Waals surface area contributed by atoms with Gasteiger partial charge in [0, 0.05) is 25.2 Å². The van der Waals surface area contributed by atoms with Gasteiger partial charge in [-0.2, -0.15) is 0 Å². The number of hydrogen-bond donors (Lipinski definition) is 1. The van der Waals surface area contributed by atoms with Crippen molar-refractivity contribution < 1.29 is 9.53 Å². The Balaban J connectivity index is 1.42. The highest BCUT2D eigenvalue weighted by atomic mass is 16.5. The Hall–Kier alpha value is -0.870. The lowest BCUT2D eigenvalue weighted by Gasteiger charge is -2.42. The molecule has 1 amide bonds. The molecular formula is C16H26N2O2. The summed E-state index contributed by atoms with van der Waals surface area (Å²) in [5.41, 5.74) is 1.23. The van der Waals surface area contributed by atoms with E-state index in [1.54, 1.807) is 6.08 Å². The van der Waals surface area contributed by atoms with Crippen LogP contribution in [0.15, 0.2) is 11.6 Å². The Morgan fingerprint density at radius 3 is 3.00 bits per heavy atom. The average Bonchev–Trinajstić information content (AvgIpc) is 3.29. The molecule has 3 fully saturated rings. The summed E-state index contributed by atoms with van der Waals surface area (Å²) in [6.45, 7) is 5.69. The topological polar surface area (TPSA) is 41.6 Å². The van der Waals surface area contributed by atoms with Crippen molar-refractivity contribution >= 4 is 5.91 Å². The van der Waals surface area contributed by atoms with E-state index in [4.69, 9.17) is 4.74 Å². The number of rotatable bonds is 4. The minimum Gasteiger partial charge on any atom is -0.373 e. The van der Waals surface area contributed by atoms with Crippen molar-refractivity contribution in [3.8, 4) is 0 Å². The zero-order valence-corrected chi connectivity index (χ0v) is 12.4. The number of hydrogen-bond acceptors (Lipinski definition) is 3. The first-order valence-corrected chi connectivity index (χ1v) is 8.04. The monoisotopic (exact) mass is 278 g/mol. The second-order valence-electron chi connectivity index (χ2n) is 6.51. The molecule has 3 rings (SSSR count). The van der Waals surface area contributed by atoms with Crippen LogP contribution in [0.25, 0.3) is 0 Å². The second kappa shape index (κ2) is 6.27. The van der Waals surface area contributed by atoms with E-state index < -0.39 is 0 Å². The molecule has 0 radical (unpaired) electrons. The van der Waals surface area contributed by atoms with E-state index in [1.807, 2.05) is 0 Å². The van der Waals surface area contributed by atoms with Crippen LogP contribution in [0.1, 0.15) is 39.0 Å². The Kier molecular flexibility index (Phi) is 4.41. The maximum atomic E-state index is 11.9. The quantitative estimate of drug-likeness (QED) is 0.796. The van der Waals surface area contributed by atoms with Gasteiger partial charge in [-0.25, -0.2) is 0 Å². The predicted molar refractivity (Wildman–Crippen MR) is 78.4 cm³/mol. The molecular weight excluding hydrogens is 252 g/mol. The Labute approximate surface area is 121 Å². The van der Waals surface area contributed by atoms with E-state index in [0.29, 0.717) is 18.5 Å². The van der Waals surface area contributed by atoms with Crippen LogP contribution in [0.3, 0.4) is 0 Å². The molecule has 4 nitrogen and oxygen atoms in total. The lowest BCUT2D eigenvalue weighted by molar-refractivity contribution is -0.118. The number of nitrogens with zero attached hydrogens (tertiary/aromatic N) is 1. The van der Waals surface area contributed by atoms with E-state index in [2.05, 4.69) is 17.1 Å². The van der Waals surface area contributed by atoms with Gasteiger partial charge < -0.3 is 10.1 Å². The lowest BCUT2D eigenvalue weighted by Crippen LogP contribution is -2.54. The van der Waals surface area contributed by atoms with E-state index in [1.165, 1.54) is 44.2 Å². The Morgan fingerprint density at radius 2 is 2.20 bits per heavy atom. The highest BCUT2D eigenvalue weighted by molar-refractivity contribution is 5.88. The van der Waals surface area contributed by atoms with Crippen LogP contribution in [0.5, 0.6) is 0 Å². The van der Waals surface area contributed by atoms with Gasteiger partial charge >= 0.3 is 0 Å². The average molecular weight is 278 g/mol. The summed E-state index contributed by atoms with van der Waals surface area (Å²) in [6.07, 6.45) is 8.32. The van der Waals surface area contributed by atoms with Gasteiger partial charge in [0.1, 0.15) is 0 Å². The third-order valence-corrected chi connectivity index (χ3v) is 4.80. The van der Waals surface area contributed by atoms with E-state index in [9.17, 15) is 4.79 Å². The van der Waals surface area contributed by atoms with Crippen molar-refractivity contribution in [1.29, 1.82) is 0 Å². The standard InChI is InChI=1S/C16H26N2O2/c1-12(13-5-6-13)8-16(19)17-9-15-10-18-7-3-2-4-14(18)11-20-15/h8,13-15H,2-7,9-11H2,1H3,(H,17,19)/b12-8-/t14-,15+/m0/s1. The van der Waals surface area contributed by atoms with Gasteiger partial charge in [0.05, 0.1) is 12.7 Å². The summed E-state index contributed by atoms with van der Waals surface area (Å²) >= 11 is 0. The molecule has 0 aromatic rings. The minimum atomic E-state index is 0.0405. The highest BCUT2D eigenvalue weighted by Gasteiger charge is 2.30. The van der Waals surface area contributed by atoms with E-state index in [0.717, 1.165) is 13.2 Å². The number of carbonyl (C=O) groups excluding carboxylic acids is 1. The number of morpholine rings is 1. The van der Waals surface area contributed by atoms with Crippen LogP contribution in [-0.2, 0) is 9.53 Å². The van der Waals surface area contributed by atoms with E-state index in [-0.39, 0.29) is 12.0 Å². The normalized spacial score (nSPS) is 31.8. The Bertz CT molecular complexity index is 390. The molecule has 4 heteroatoms. The molecule has 2 heterocycles. The second-order valence-corrected chi connectivity index (χ2v) is 6.51. The third-order valence-electron chi connectivity index (χ3n) is 4.80. The minimum absolute atomic E-state index is 0.0405. The lowest BCUT2D eigenvalue weighted by atomic mass is 10.0. The molecule has 112 valence electrons. The van der Waals surface area contributed by atoms with Gasteiger partial charge in [-0.3, -0.25) is 9.69 Å². The molecule has 0 aromatic carbocycles. The number of fused-ring (bicyclic) bond motifs is 1. The van der Waals surface area contributed by atoms with Gasteiger partial charge in [-0.15, -0.1) is 0 Å². The summed E-state index contributed by atoms with van der Waals surface area (Å²) < 4.78 is 5.89. The molecule has 3 aliphatic rings. The SMILES string of the molecule is C/C(=C/C(=O)NC[C@@H]1CN2CCCC[C@H]2CO1)C1CC1. The molecule has 2 atom stereocenters. The highest BCUT2D eigenvalue weighted by Crippen LogP contribution is 2.35. The summed E-state index contributed by atoms with van der Waals surface area (Å²) in [6, 6.07) is 0.618. The molecule has 0 aromatic heterocycles. The zero-order valence-electron chi connectivity index (χ0n) is 12.4. The first-order chi connectivity index (χ1) is 9.72. The molecule has 0 bridgehead atoms. The van der Waals surface area contributed by atoms with Crippen LogP contribution in [0, 0.1) is 5.92 Å². The molecule has 1 saturated carbocycles. The zero-order chi connectivity index (χ0) is 13.9. The molecule has 1 N–H and O–H groups in total. The summed E-state index contributed by atoms with van der Waals surface area (Å²) in [4.78, 5) is 14.4. The molecule has 0 unspecified atom stereocenters. The molecule has 2 saturated heterocycles. The molecule has 2 aliphatic heterocycles. The number of nitrogens with one attached hydrogen (secondary N) is 1. The van der Waals surface area contributed by atoms with Crippen molar-refractivity contribution in [3.05, 3.63) is 11.6 Å². The fourth-order valence-corrected chi connectivity index (χ4v) is 3.30. The number of carbonyl (C=O) groups is 1.